The Bertz CT molecular complexity index is 945. The van der Waals surface area contributed by atoms with Crippen molar-refractivity contribution in [2.45, 2.75) is 37.3 Å². The number of alkyl halides is 3. The third-order valence-corrected chi connectivity index (χ3v) is 5.07. The number of hydrogen-bond acceptors (Lipinski definition) is 4. The summed E-state index contributed by atoms with van der Waals surface area (Å²) in [5.41, 5.74) is -1.24. The van der Waals surface area contributed by atoms with Gasteiger partial charge in [-0.15, -0.1) is 0 Å². The van der Waals surface area contributed by atoms with Crippen LogP contribution in [0.3, 0.4) is 0 Å². The quantitative estimate of drug-likeness (QED) is 0.833. The van der Waals surface area contributed by atoms with E-state index in [1.807, 2.05) is 0 Å². The summed E-state index contributed by atoms with van der Waals surface area (Å²) in [4.78, 5) is 28.5. The maximum atomic E-state index is 12.8. The molecule has 1 aromatic carbocycles. The van der Waals surface area contributed by atoms with Crippen molar-refractivity contribution in [3.8, 4) is 0 Å². The van der Waals surface area contributed by atoms with Crippen molar-refractivity contribution >= 4 is 16.9 Å². The molecule has 2 N–H and O–H groups in total. The number of benzene rings is 1. The lowest BCUT2D eigenvalue weighted by molar-refractivity contribution is -0.140. The number of nitrogens with one attached hydrogen (secondary N) is 1. The molecule has 4 rings (SSSR count). The molecular weight excluding hydrogens is 367 g/mol. The maximum absolute atomic E-state index is 12.8. The predicted molar refractivity (Wildman–Crippen MR) is 88.4 cm³/mol. The number of ether oxygens (including phenoxy) is 1. The van der Waals surface area contributed by atoms with Crippen molar-refractivity contribution in [2.24, 2.45) is 0 Å². The van der Waals surface area contributed by atoms with Gasteiger partial charge >= 0.3 is 11.9 Å². The summed E-state index contributed by atoms with van der Waals surface area (Å²) in [6.07, 6.45) is -3.69. The number of carbonyl (C=O) groups excluding carboxylic acids is 1. The summed E-state index contributed by atoms with van der Waals surface area (Å²) in [7, 11) is 0. The van der Waals surface area contributed by atoms with Crippen molar-refractivity contribution in [1.29, 1.82) is 0 Å². The number of fused-ring (bicyclic) bond motifs is 1. The zero-order valence-electron chi connectivity index (χ0n) is 14.3. The molecule has 1 saturated heterocycles. The molecule has 0 bridgehead atoms. The number of hydrogen-bond donors (Lipinski definition) is 2. The van der Waals surface area contributed by atoms with Gasteiger partial charge in [0.1, 0.15) is 12.6 Å². The Morgan fingerprint density at radius 3 is 2.78 bits per heavy atom. The lowest BCUT2D eigenvalue weighted by atomic mass is 10.1. The summed E-state index contributed by atoms with van der Waals surface area (Å²) in [5.74, 6) is -0.320. The Hall–Kier alpha value is -2.33. The molecule has 2 heterocycles. The number of amides is 1. The molecule has 1 unspecified atom stereocenters. The summed E-state index contributed by atoms with van der Waals surface area (Å²) in [5, 5.41) is 10.2. The second-order valence-corrected chi connectivity index (χ2v) is 7.08. The van der Waals surface area contributed by atoms with Crippen LogP contribution in [0.5, 0.6) is 0 Å². The molecule has 0 radical (unpaired) electrons. The van der Waals surface area contributed by atoms with Gasteiger partial charge in [-0.25, -0.2) is 4.79 Å². The van der Waals surface area contributed by atoms with Crippen LogP contribution in [0.15, 0.2) is 23.0 Å². The first-order valence-corrected chi connectivity index (χ1v) is 8.59. The molecule has 146 valence electrons. The minimum Gasteiger partial charge on any atom is -0.387 e. The van der Waals surface area contributed by atoms with Crippen LogP contribution in [0.2, 0.25) is 0 Å². The molecule has 2 aliphatic rings. The van der Waals surface area contributed by atoms with Gasteiger partial charge in [-0.2, -0.15) is 13.2 Å². The van der Waals surface area contributed by atoms with Gasteiger partial charge < -0.3 is 19.7 Å². The molecule has 2 fully saturated rings. The fourth-order valence-corrected chi connectivity index (χ4v) is 3.42. The fourth-order valence-electron chi connectivity index (χ4n) is 3.42. The fraction of sp³-hybridized carbons (Fsp3) is 0.529. The van der Waals surface area contributed by atoms with Crippen LogP contribution >= 0.6 is 0 Å². The first-order valence-electron chi connectivity index (χ1n) is 8.59. The number of halogens is 3. The van der Waals surface area contributed by atoms with Gasteiger partial charge in [0, 0.05) is 12.1 Å². The van der Waals surface area contributed by atoms with E-state index < -0.39 is 30.1 Å². The van der Waals surface area contributed by atoms with Gasteiger partial charge in [0.15, 0.2) is 0 Å². The third kappa shape index (κ3) is 3.46. The highest BCUT2D eigenvalue weighted by Gasteiger charge is 2.50. The first-order chi connectivity index (χ1) is 12.7. The average Bonchev–Trinajstić information content (AvgIpc) is 3.30. The van der Waals surface area contributed by atoms with Crippen LogP contribution in [0.25, 0.3) is 11.0 Å². The predicted octanol–water partition coefficient (Wildman–Crippen LogP) is 1.26. The van der Waals surface area contributed by atoms with Gasteiger partial charge in [0.05, 0.1) is 29.8 Å². The number of aromatic amines is 1. The summed E-state index contributed by atoms with van der Waals surface area (Å²) >= 11 is 0. The van der Waals surface area contributed by atoms with E-state index in [2.05, 4.69) is 4.98 Å². The Kier molecular flexibility index (Phi) is 4.08. The molecule has 0 spiro atoms. The number of morpholine rings is 1. The number of nitrogens with zero attached hydrogens (tertiary/aromatic N) is 2. The summed E-state index contributed by atoms with van der Waals surface area (Å²) in [6, 6.07) is 4.11. The Balaban J connectivity index is 1.58. The monoisotopic (exact) mass is 385 g/mol. The van der Waals surface area contributed by atoms with E-state index in [9.17, 15) is 27.9 Å². The lowest BCUT2D eigenvalue weighted by Gasteiger charge is -2.35. The van der Waals surface area contributed by atoms with E-state index in [1.165, 1.54) is 18.2 Å². The number of aromatic nitrogens is 2. The van der Waals surface area contributed by atoms with E-state index >= 15 is 0 Å². The van der Waals surface area contributed by atoms with Gasteiger partial charge in [-0.05, 0) is 31.0 Å². The third-order valence-electron chi connectivity index (χ3n) is 5.07. The summed E-state index contributed by atoms with van der Waals surface area (Å²) in [6.45, 7) is -0.489. The first kappa shape index (κ1) is 18.1. The highest BCUT2D eigenvalue weighted by molar-refractivity contribution is 5.97. The number of carbonyl (C=O) groups is 1. The van der Waals surface area contributed by atoms with Crippen LogP contribution in [-0.2, 0) is 11.3 Å². The molecule has 27 heavy (non-hydrogen) atoms. The van der Waals surface area contributed by atoms with Crippen molar-refractivity contribution in [2.75, 3.05) is 19.7 Å². The van der Waals surface area contributed by atoms with Crippen LogP contribution in [-0.4, -0.2) is 63.0 Å². The molecular formula is C17H18F3N3O4. The molecule has 2 aromatic rings. The molecule has 1 amide bonds. The molecule has 1 aromatic heterocycles. The van der Waals surface area contributed by atoms with Gasteiger partial charge in [0.2, 0.25) is 0 Å². The van der Waals surface area contributed by atoms with Crippen molar-refractivity contribution in [3.05, 3.63) is 34.2 Å². The van der Waals surface area contributed by atoms with Crippen molar-refractivity contribution < 1.29 is 27.8 Å². The van der Waals surface area contributed by atoms with Gasteiger partial charge in [0.25, 0.3) is 5.91 Å². The Morgan fingerprint density at radius 1 is 1.37 bits per heavy atom. The number of H-pyrrole nitrogens is 1. The minimum absolute atomic E-state index is 0.0843. The molecule has 1 saturated carbocycles. The van der Waals surface area contributed by atoms with Crippen LogP contribution in [0.4, 0.5) is 13.2 Å². The van der Waals surface area contributed by atoms with Crippen LogP contribution in [0, 0.1) is 0 Å². The van der Waals surface area contributed by atoms with Gasteiger partial charge in [-0.3, -0.25) is 9.36 Å². The van der Waals surface area contributed by atoms with E-state index in [0.29, 0.717) is 30.6 Å². The molecule has 7 nitrogen and oxygen atoms in total. The smallest absolute Gasteiger partial charge is 0.387 e. The molecule has 10 heteroatoms. The second-order valence-electron chi connectivity index (χ2n) is 7.08. The van der Waals surface area contributed by atoms with Gasteiger partial charge in [-0.1, -0.05) is 0 Å². The number of imidazole rings is 1. The standard InChI is InChI=1S/C17H18F3N3O4/c18-17(19,20)9-23-12-2-1-10(7-11(12)21-15(23)25)14(24)22-5-6-27-13(8-22)16(26)3-4-16/h1-2,7,13,26H,3-6,8-9H2,(H,21,25). The zero-order valence-corrected chi connectivity index (χ0v) is 14.3. The maximum Gasteiger partial charge on any atom is 0.406 e. The highest BCUT2D eigenvalue weighted by Crippen LogP contribution is 2.41. The number of rotatable bonds is 3. The average molecular weight is 385 g/mol. The van der Waals surface area contributed by atoms with Crippen LogP contribution < -0.4 is 5.69 Å². The van der Waals surface area contributed by atoms with Crippen molar-refractivity contribution in [1.82, 2.24) is 14.5 Å². The number of aliphatic hydroxyl groups is 1. The van der Waals surface area contributed by atoms with E-state index in [-0.39, 0.29) is 29.0 Å². The van der Waals surface area contributed by atoms with Crippen molar-refractivity contribution in [3.63, 3.8) is 0 Å². The highest BCUT2D eigenvalue weighted by atomic mass is 19.4. The second kappa shape index (κ2) is 6.10. The Labute approximate surface area is 151 Å². The summed E-state index contributed by atoms with van der Waals surface area (Å²) < 4.78 is 44.1. The molecule has 1 aliphatic carbocycles. The topological polar surface area (TPSA) is 87.6 Å². The van der Waals surface area contributed by atoms with E-state index in [0.717, 1.165) is 0 Å². The lowest BCUT2D eigenvalue weighted by Crippen LogP contribution is -2.50. The SMILES string of the molecule is O=C(c1ccc2c(c1)[nH]c(=O)n2CC(F)(F)F)N1CCOC(C2(O)CC2)C1. The minimum atomic E-state index is -4.53. The largest absolute Gasteiger partial charge is 0.406 e. The van der Waals surface area contributed by atoms with E-state index in [4.69, 9.17) is 4.74 Å². The Morgan fingerprint density at radius 2 is 2.11 bits per heavy atom. The molecule has 1 aliphatic heterocycles. The van der Waals surface area contributed by atoms with Crippen LogP contribution in [0.1, 0.15) is 23.2 Å². The normalized spacial score (nSPS) is 22.2. The van der Waals surface area contributed by atoms with E-state index in [1.54, 1.807) is 4.90 Å². The molecule has 1 atom stereocenters. The zero-order chi connectivity index (χ0) is 19.4.